The Morgan fingerprint density at radius 2 is 1.95 bits per heavy atom. The van der Waals surface area contributed by atoms with E-state index in [4.69, 9.17) is 9.47 Å². The standard InChI is InChI=1S/C18H27NO3/c1-5-12-21-18(4,14-6-7-14)17(20)19-15-8-10-16(11-9-15)22-13(2)3/h8-11,13-14H,5-7,12H2,1-4H3,(H,19,20). The Morgan fingerprint density at radius 1 is 1.32 bits per heavy atom. The van der Waals surface area contributed by atoms with Gasteiger partial charge < -0.3 is 14.8 Å². The first-order valence-corrected chi connectivity index (χ1v) is 8.18. The highest BCUT2D eigenvalue weighted by molar-refractivity contribution is 5.97. The molecule has 4 nitrogen and oxygen atoms in total. The zero-order valence-electron chi connectivity index (χ0n) is 14.0. The van der Waals surface area contributed by atoms with Crippen LogP contribution in [0.3, 0.4) is 0 Å². The summed E-state index contributed by atoms with van der Waals surface area (Å²) < 4.78 is 11.5. The monoisotopic (exact) mass is 305 g/mol. The Bertz CT molecular complexity index is 494. The molecule has 1 amide bonds. The van der Waals surface area contributed by atoms with Crippen molar-refractivity contribution in [3.63, 3.8) is 0 Å². The van der Waals surface area contributed by atoms with Crippen LogP contribution in [0.5, 0.6) is 5.75 Å². The highest BCUT2D eigenvalue weighted by atomic mass is 16.5. The van der Waals surface area contributed by atoms with Crippen molar-refractivity contribution in [1.82, 2.24) is 0 Å². The third-order valence-corrected chi connectivity index (χ3v) is 3.90. The average Bonchev–Trinajstić information content (AvgIpc) is 3.31. The van der Waals surface area contributed by atoms with Crippen LogP contribution in [0.25, 0.3) is 0 Å². The van der Waals surface area contributed by atoms with Crippen LogP contribution >= 0.6 is 0 Å². The first kappa shape index (κ1) is 16.8. The quantitative estimate of drug-likeness (QED) is 0.789. The summed E-state index contributed by atoms with van der Waals surface area (Å²) in [4.78, 5) is 12.6. The lowest BCUT2D eigenvalue weighted by molar-refractivity contribution is -0.142. The van der Waals surface area contributed by atoms with Gasteiger partial charge in [0.15, 0.2) is 0 Å². The predicted octanol–water partition coefficient (Wildman–Crippen LogP) is 4.01. The van der Waals surface area contributed by atoms with Crippen LogP contribution in [-0.2, 0) is 9.53 Å². The maximum atomic E-state index is 12.6. The molecular formula is C18H27NO3. The number of anilines is 1. The largest absolute Gasteiger partial charge is 0.491 e. The van der Waals surface area contributed by atoms with Crippen molar-refractivity contribution in [1.29, 1.82) is 0 Å². The summed E-state index contributed by atoms with van der Waals surface area (Å²) in [6.07, 6.45) is 3.18. The first-order chi connectivity index (χ1) is 10.5. The van der Waals surface area contributed by atoms with Crippen LogP contribution in [0.4, 0.5) is 5.69 Å². The fourth-order valence-electron chi connectivity index (χ4n) is 2.46. The molecule has 22 heavy (non-hydrogen) atoms. The molecule has 2 rings (SSSR count). The zero-order chi connectivity index (χ0) is 16.2. The Morgan fingerprint density at radius 3 is 2.45 bits per heavy atom. The molecule has 4 heteroatoms. The molecule has 1 aromatic carbocycles. The molecule has 1 N–H and O–H groups in total. The molecule has 1 fully saturated rings. The molecule has 0 aliphatic heterocycles. The zero-order valence-corrected chi connectivity index (χ0v) is 14.0. The predicted molar refractivity (Wildman–Crippen MR) is 88.2 cm³/mol. The Hall–Kier alpha value is -1.55. The van der Waals surface area contributed by atoms with Crippen LogP contribution in [0.15, 0.2) is 24.3 Å². The van der Waals surface area contributed by atoms with E-state index >= 15 is 0 Å². The lowest BCUT2D eigenvalue weighted by Gasteiger charge is -2.28. The topological polar surface area (TPSA) is 47.6 Å². The minimum Gasteiger partial charge on any atom is -0.491 e. The second-order valence-corrected chi connectivity index (χ2v) is 6.37. The molecule has 1 unspecified atom stereocenters. The number of carbonyl (C=O) groups excluding carboxylic acids is 1. The van der Waals surface area contributed by atoms with Gasteiger partial charge in [0.1, 0.15) is 11.4 Å². The van der Waals surface area contributed by atoms with Gasteiger partial charge in [0.2, 0.25) is 0 Å². The van der Waals surface area contributed by atoms with Gasteiger partial charge in [-0.15, -0.1) is 0 Å². The maximum Gasteiger partial charge on any atom is 0.256 e. The molecule has 1 aliphatic rings. The summed E-state index contributed by atoms with van der Waals surface area (Å²) in [5.74, 6) is 1.09. The van der Waals surface area contributed by atoms with E-state index in [1.54, 1.807) is 0 Å². The van der Waals surface area contributed by atoms with Gasteiger partial charge in [-0.05, 0) is 70.2 Å². The molecule has 0 aromatic heterocycles. The van der Waals surface area contributed by atoms with E-state index in [-0.39, 0.29) is 12.0 Å². The first-order valence-electron chi connectivity index (χ1n) is 8.18. The van der Waals surface area contributed by atoms with Gasteiger partial charge in [-0.3, -0.25) is 4.79 Å². The average molecular weight is 305 g/mol. The van der Waals surface area contributed by atoms with Crippen LogP contribution in [0, 0.1) is 5.92 Å². The summed E-state index contributed by atoms with van der Waals surface area (Å²) in [5, 5.41) is 2.97. The summed E-state index contributed by atoms with van der Waals surface area (Å²) in [6.45, 7) is 8.55. The van der Waals surface area contributed by atoms with E-state index in [1.165, 1.54) is 0 Å². The number of nitrogens with one attached hydrogen (secondary N) is 1. The van der Waals surface area contributed by atoms with E-state index in [2.05, 4.69) is 12.2 Å². The molecule has 0 saturated heterocycles. The van der Waals surface area contributed by atoms with Crippen LogP contribution in [-0.4, -0.2) is 24.2 Å². The Balaban J connectivity index is 2.00. The number of ether oxygens (including phenoxy) is 2. The summed E-state index contributed by atoms with van der Waals surface area (Å²) in [6, 6.07) is 7.47. The molecule has 0 radical (unpaired) electrons. The van der Waals surface area contributed by atoms with Gasteiger partial charge in [-0.1, -0.05) is 6.92 Å². The molecule has 1 atom stereocenters. The van der Waals surface area contributed by atoms with Gasteiger partial charge >= 0.3 is 0 Å². The molecule has 122 valence electrons. The van der Waals surface area contributed by atoms with Gasteiger partial charge in [-0.2, -0.15) is 0 Å². The van der Waals surface area contributed by atoms with E-state index in [9.17, 15) is 4.79 Å². The maximum absolute atomic E-state index is 12.6. The third kappa shape index (κ3) is 4.23. The van der Waals surface area contributed by atoms with Crippen molar-refractivity contribution < 1.29 is 14.3 Å². The minimum atomic E-state index is -0.719. The second-order valence-electron chi connectivity index (χ2n) is 6.37. The van der Waals surface area contributed by atoms with Crippen molar-refractivity contribution >= 4 is 11.6 Å². The van der Waals surface area contributed by atoms with Gasteiger partial charge in [0.05, 0.1) is 6.10 Å². The molecule has 1 aliphatic carbocycles. The number of amides is 1. The van der Waals surface area contributed by atoms with Crippen LogP contribution in [0.2, 0.25) is 0 Å². The molecular weight excluding hydrogens is 278 g/mol. The number of hydrogen-bond acceptors (Lipinski definition) is 3. The SMILES string of the molecule is CCCOC(C)(C(=O)Nc1ccc(OC(C)C)cc1)C1CC1. The van der Waals surface area contributed by atoms with Crippen molar-refractivity contribution in [2.75, 3.05) is 11.9 Å². The minimum absolute atomic E-state index is 0.0547. The number of benzene rings is 1. The lowest BCUT2D eigenvalue weighted by Crippen LogP contribution is -2.45. The van der Waals surface area contributed by atoms with E-state index in [1.807, 2.05) is 45.0 Å². The van der Waals surface area contributed by atoms with E-state index in [0.29, 0.717) is 12.5 Å². The second kappa shape index (κ2) is 7.14. The number of carbonyl (C=O) groups is 1. The highest BCUT2D eigenvalue weighted by Crippen LogP contribution is 2.42. The number of rotatable bonds is 8. The third-order valence-electron chi connectivity index (χ3n) is 3.90. The smallest absolute Gasteiger partial charge is 0.256 e. The molecule has 0 heterocycles. The van der Waals surface area contributed by atoms with Gasteiger partial charge in [-0.25, -0.2) is 0 Å². The van der Waals surface area contributed by atoms with Crippen LogP contribution in [0.1, 0.15) is 47.0 Å². The molecule has 1 aromatic rings. The highest BCUT2D eigenvalue weighted by Gasteiger charge is 2.48. The lowest BCUT2D eigenvalue weighted by atomic mass is 9.98. The summed E-state index contributed by atoms with van der Waals surface area (Å²) in [7, 11) is 0. The van der Waals surface area contributed by atoms with E-state index in [0.717, 1.165) is 30.7 Å². The Labute approximate surface area is 133 Å². The Kier molecular flexibility index (Phi) is 5.46. The van der Waals surface area contributed by atoms with Gasteiger partial charge in [0, 0.05) is 12.3 Å². The summed E-state index contributed by atoms with van der Waals surface area (Å²) in [5.41, 5.74) is 0.0522. The van der Waals surface area contributed by atoms with Crippen molar-refractivity contribution in [3.05, 3.63) is 24.3 Å². The number of hydrogen-bond donors (Lipinski definition) is 1. The molecule has 1 saturated carbocycles. The normalized spacial score (nSPS) is 17.1. The molecule has 0 spiro atoms. The molecule has 0 bridgehead atoms. The van der Waals surface area contributed by atoms with Crippen LogP contribution < -0.4 is 10.1 Å². The van der Waals surface area contributed by atoms with Gasteiger partial charge in [0.25, 0.3) is 5.91 Å². The fourth-order valence-corrected chi connectivity index (χ4v) is 2.46. The van der Waals surface area contributed by atoms with Crippen molar-refractivity contribution in [3.8, 4) is 5.75 Å². The van der Waals surface area contributed by atoms with Crippen molar-refractivity contribution in [2.24, 2.45) is 5.92 Å². The summed E-state index contributed by atoms with van der Waals surface area (Å²) >= 11 is 0. The van der Waals surface area contributed by atoms with E-state index < -0.39 is 5.60 Å². The fraction of sp³-hybridized carbons (Fsp3) is 0.611. The van der Waals surface area contributed by atoms with Crippen molar-refractivity contribution in [2.45, 2.75) is 58.7 Å².